The van der Waals surface area contributed by atoms with Gasteiger partial charge in [-0.1, -0.05) is 11.3 Å². The highest BCUT2D eigenvalue weighted by molar-refractivity contribution is 7.21. The van der Waals surface area contributed by atoms with Crippen LogP contribution in [-0.2, 0) is 9.53 Å². The van der Waals surface area contributed by atoms with E-state index >= 15 is 0 Å². The van der Waals surface area contributed by atoms with Crippen molar-refractivity contribution in [1.29, 1.82) is 0 Å². The number of urea groups is 1. The molecule has 0 unspecified atom stereocenters. The Morgan fingerprint density at radius 3 is 3.00 bits per heavy atom. The van der Waals surface area contributed by atoms with Crippen molar-refractivity contribution in [1.82, 2.24) is 20.2 Å². The Labute approximate surface area is 156 Å². The van der Waals surface area contributed by atoms with Gasteiger partial charge in [0.25, 0.3) is 0 Å². The van der Waals surface area contributed by atoms with E-state index in [1.54, 1.807) is 29.4 Å². The third kappa shape index (κ3) is 4.60. The van der Waals surface area contributed by atoms with Gasteiger partial charge in [-0.3, -0.25) is 4.79 Å². The summed E-state index contributed by atoms with van der Waals surface area (Å²) in [4.78, 5) is 37.5. The normalized spacial score (nSPS) is 15.0. The Kier molecular flexibility index (Phi) is 6.21. The van der Waals surface area contributed by atoms with Crippen LogP contribution in [0.15, 0.2) is 18.3 Å². The summed E-state index contributed by atoms with van der Waals surface area (Å²) in [6.45, 7) is 5.30. The second kappa shape index (κ2) is 8.79. The molecule has 140 valence electrons. The maximum atomic E-state index is 12.3. The van der Waals surface area contributed by atoms with E-state index in [1.165, 1.54) is 0 Å². The average molecular weight is 377 g/mol. The van der Waals surface area contributed by atoms with Gasteiger partial charge < -0.3 is 19.9 Å². The molecule has 0 radical (unpaired) electrons. The van der Waals surface area contributed by atoms with Gasteiger partial charge in [-0.2, -0.15) is 0 Å². The second-order valence-electron chi connectivity index (χ2n) is 5.94. The van der Waals surface area contributed by atoms with Crippen molar-refractivity contribution < 1.29 is 14.3 Å². The lowest BCUT2D eigenvalue weighted by Gasteiger charge is -2.22. The van der Waals surface area contributed by atoms with E-state index in [1.807, 2.05) is 12.1 Å². The number of hydrogen-bond acceptors (Lipinski definition) is 7. The first-order chi connectivity index (χ1) is 12.7. The number of ether oxygens (including phenoxy) is 1. The summed E-state index contributed by atoms with van der Waals surface area (Å²) in [7, 11) is 0. The highest BCUT2D eigenvalue weighted by atomic mass is 32.1. The van der Waals surface area contributed by atoms with Gasteiger partial charge in [0.2, 0.25) is 0 Å². The summed E-state index contributed by atoms with van der Waals surface area (Å²) in [6.07, 6.45) is 2.84. The number of carbonyl (C=O) groups excluding carboxylic acids is 2. The molecule has 26 heavy (non-hydrogen) atoms. The summed E-state index contributed by atoms with van der Waals surface area (Å²) in [5.41, 5.74) is 0.908. The second-order valence-corrected chi connectivity index (χ2v) is 6.89. The third-order valence-electron chi connectivity index (χ3n) is 4.12. The Bertz CT molecular complexity index is 733. The predicted molar refractivity (Wildman–Crippen MR) is 100 cm³/mol. The maximum Gasteiger partial charge on any atom is 0.317 e. The first-order valence-electron chi connectivity index (χ1n) is 8.82. The van der Waals surface area contributed by atoms with E-state index in [2.05, 4.69) is 20.2 Å². The minimum Gasteiger partial charge on any atom is -0.466 e. The van der Waals surface area contributed by atoms with Crippen molar-refractivity contribution >= 4 is 38.8 Å². The number of carbonyl (C=O) groups is 2. The molecule has 2 amide bonds. The fourth-order valence-corrected chi connectivity index (χ4v) is 3.78. The van der Waals surface area contributed by atoms with Crippen LogP contribution in [0.2, 0.25) is 0 Å². The zero-order valence-electron chi connectivity index (χ0n) is 14.8. The number of rotatable bonds is 5. The molecule has 1 aliphatic heterocycles. The monoisotopic (exact) mass is 377 g/mol. The van der Waals surface area contributed by atoms with Crippen molar-refractivity contribution in [3.05, 3.63) is 18.3 Å². The number of amides is 2. The van der Waals surface area contributed by atoms with Crippen LogP contribution in [-0.4, -0.2) is 66.2 Å². The van der Waals surface area contributed by atoms with Gasteiger partial charge in [0.05, 0.1) is 13.0 Å². The Morgan fingerprint density at radius 2 is 2.19 bits per heavy atom. The number of thiazole rings is 1. The van der Waals surface area contributed by atoms with Crippen LogP contribution in [0.25, 0.3) is 10.3 Å². The number of anilines is 1. The summed E-state index contributed by atoms with van der Waals surface area (Å²) in [6, 6.07) is 3.71. The number of nitrogens with zero attached hydrogens (tertiary/aromatic N) is 4. The number of fused-ring (bicyclic) bond motifs is 1. The molecule has 8 nitrogen and oxygen atoms in total. The van der Waals surface area contributed by atoms with E-state index in [-0.39, 0.29) is 18.4 Å². The topological polar surface area (TPSA) is 87.7 Å². The fraction of sp³-hybridized carbons (Fsp3) is 0.529. The van der Waals surface area contributed by atoms with Crippen LogP contribution < -0.4 is 10.2 Å². The average Bonchev–Trinajstić information content (AvgIpc) is 2.91. The zero-order valence-corrected chi connectivity index (χ0v) is 15.6. The highest BCUT2D eigenvalue weighted by Crippen LogP contribution is 2.27. The summed E-state index contributed by atoms with van der Waals surface area (Å²) < 4.78 is 4.86. The molecule has 1 aliphatic rings. The fourth-order valence-electron chi connectivity index (χ4n) is 2.82. The van der Waals surface area contributed by atoms with E-state index in [4.69, 9.17) is 4.74 Å². The molecule has 3 heterocycles. The first kappa shape index (κ1) is 18.4. The van der Waals surface area contributed by atoms with Gasteiger partial charge >= 0.3 is 12.0 Å². The van der Waals surface area contributed by atoms with Gasteiger partial charge in [-0.25, -0.2) is 14.8 Å². The van der Waals surface area contributed by atoms with Crippen molar-refractivity contribution in [2.24, 2.45) is 0 Å². The number of nitrogens with one attached hydrogen (secondary N) is 1. The van der Waals surface area contributed by atoms with E-state index in [0.717, 1.165) is 35.0 Å². The van der Waals surface area contributed by atoms with Crippen LogP contribution in [0.1, 0.15) is 19.8 Å². The summed E-state index contributed by atoms with van der Waals surface area (Å²) in [5, 5.41) is 3.74. The lowest BCUT2D eigenvalue weighted by Crippen LogP contribution is -2.42. The lowest BCUT2D eigenvalue weighted by atomic mass is 10.4. The molecular formula is C17H23N5O3S. The number of pyridine rings is 1. The van der Waals surface area contributed by atoms with Crippen molar-refractivity contribution in [3.63, 3.8) is 0 Å². The Morgan fingerprint density at radius 1 is 1.31 bits per heavy atom. The lowest BCUT2D eigenvalue weighted by molar-refractivity contribution is -0.142. The molecule has 0 spiro atoms. The SMILES string of the molecule is CCOC(=O)CCNC(=O)N1CCCN(c2nc3cccnc3s2)CC1. The minimum atomic E-state index is -0.292. The van der Waals surface area contributed by atoms with E-state index in [0.29, 0.717) is 26.2 Å². The predicted octanol–water partition coefficient (Wildman–Crippen LogP) is 1.87. The molecule has 3 rings (SSSR count). The molecule has 0 saturated carbocycles. The molecule has 0 bridgehead atoms. The van der Waals surface area contributed by atoms with Gasteiger partial charge in [0.1, 0.15) is 10.3 Å². The van der Waals surface area contributed by atoms with Crippen LogP contribution in [0.5, 0.6) is 0 Å². The van der Waals surface area contributed by atoms with Gasteiger partial charge in [-0.05, 0) is 25.5 Å². The van der Waals surface area contributed by atoms with Crippen LogP contribution in [0.3, 0.4) is 0 Å². The van der Waals surface area contributed by atoms with Gasteiger partial charge in [0, 0.05) is 38.9 Å². The number of esters is 1. The third-order valence-corrected chi connectivity index (χ3v) is 5.16. The smallest absolute Gasteiger partial charge is 0.317 e. The molecule has 2 aromatic rings. The molecule has 0 aromatic carbocycles. The van der Waals surface area contributed by atoms with Crippen molar-refractivity contribution in [2.45, 2.75) is 19.8 Å². The zero-order chi connectivity index (χ0) is 18.4. The van der Waals surface area contributed by atoms with E-state index < -0.39 is 0 Å². The molecule has 1 saturated heterocycles. The van der Waals surface area contributed by atoms with E-state index in [9.17, 15) is 9.59 Å². The van der Waals surface area contributed by atoms with Crippen molar-refractivity contribution in [2.75, 3.05) is 44.2 Å². The Balaban J connectivity index is 1.51. The van der Waals surface area contributed by atoms with Crippen LogP contribution in [0, 0.1) is 0 Å². The highest BCUT2D eigenvalue weighted by Gasteiger charge is 2.21. The molecule has 0 aliphatic carbocycles. The van der Waals surface area contributed by atoms with Gasteiger partial charge in [-0.15, -0.1) is 0 Å². The summed E-state index contributed by atoms with van der Waals surface area (Å²) >= 11 is 1.58. The van der Waals surface area contributed by atoms with Gasteiger partial charge in [0.15, 0.2) is 5.13 Å². The molecule has 9 heteroatoms. The quantitative estimate of drug-likeness (QED) is 0.801. The molecule has 1 N–H and O–H groups in total. The maximum absolute atomic E-state index is 12.3. The first-order valence-corrected chi connectivity index (χ1v) is 9.64. The molecule has 0 atom stereocenters. The number of hydrogen-bond donors (Lipinski definition) is 1. The molecule has 2 aromatic heterocycles. The molecule has 1 fully saturated rings. The standard InChI is InChI=1S/C17H23N5O3S/c1-2-25-14(23)6-8-19-16(24)21-9-4-10-22(12-11-21)17-20-13-5-3-7-18-15(13)26-17/h3,5,7H,2,4,6,8-12H2,1H3,(H,19,24). The summed E-state index contributed by atoms with van der Waals surface area (Å²) in [5.74, 6) is -0.292. The van der Waals surface area contributed by atoms with Crippen molar-refractivity contribution in [3.8, 4) is 0 Å². The number of aromatic nitrogens is 2. The largest absolute Gasteiger partial charge is 0.466 e. The Hall–Kier alpha value is -2.42. The minimum absolute atomic E-state index is 0.137. The molecular weight excluding hydrogens is 354 g/mol. The van der Waals surface area contributed by atoms with Crippen LogP contribution >= 0.6 is 11.3 Å². The van der Waals surface area contributed by atoms with Crippen LogP contribution in [0.4, 0.5) is 9.93 Å².